The SMILES string of the molecule is CCCCCCCCCCCC(CCC)C1=C(C)NCCN1. The predicted octanol–water partition coefficient (Wildman–Crippen LogP) is 5.75. The first-order valence-corrected chi connectivity index (χ1v) is 9.98. The number of hydrogen-bond donors (Lipinski definition) is 2. The van der Waals surface area contributed by atoms with Crippen molar-refractivity contribution in [1.29, 1.82) is 0 Å². The van der Waals surface area contributed by atoms with E-state index in [4.69, 9.17) is 0 Å². The molecule has 1 heterocycles. The maximum Gasteiger partial charge on any atom is 0.0328 e. The quantitative estimate of drug-likeness (QED) is 0.423. The Labute approximate surface area is 139 Å². The van der Waals surface area contributed by atoms with Crippen LogP contribution in [0.3, 0.4) is 0 Å². The van der Waals surface area contributed by atoms with Crippen molar-refractivity contribution < 1.29 is 0 Å². The highest BCUT2D eigenvalue weighted by atomic mass is 15.0. The second kappa shape index (κ2) is 12.8. The number of nitrogens with one attached hydrogen (secondary N) is 2. The molecule has 2 N–H and O–H groups in total. The van der Waals surface area contributed by atoms with Crippen LogP contribution in [0, 0.1) is 5.92 Å². The Morgan fingerprint density at radius 2 is 1.32 bits per heavy atom. The normalized spacial score (nSPS) is 16.3. The molecule has 1 unspecified atom stereocenters. The Balaban J connectivity index is 2.14. The summed E-state index contributed by atoms with van der Waals surface area (Å²) in [5.74, 6) is 0.752. The third kappa shape index (κ3) is 8.10. The molecule has 0 amide bonds. The Hall–Kier alpha value is -0.660. The fourth-order valence-corrected chi connectivity index (χ4v) is 3.61. The fourth-order valence-electron chi connectivity index (χ4n) is 3.61. The smallest absolute Gasteiger partial charge is 0.0328 e. The first-order chi connectivity index (χ1) is 10.8. The number of hydrogen-bond acceptors (Lipinski definition) is 2. The largest absolute Gasteiger partial charge is 0.385 e. The average Bonchev–Trinajstić information content (AvgIpc) is 2.53. The lowest BCUT2D eigenvalue weighted by Crippen LogP contribution is -2.37. The molecule has 0 aromatic heterocycles. The minimum atomic E-state index is 0.752. The van der Waals surface area contributed by atoms with E-state index in [1.807, 2.05) is 0 Å². The maximum absolute atomic E-state index is 3.65. The molecule has 0 bridgehead atoms. The highest BCUT2D eigenvalue weighted by Gasteiger charge is 2.18. The van der Waals surface area contributed by atoms with E-state index in [0.717, 1.165) is 19.0 Å². The van der Waals surface area contributed by atoms with Crippen molar-refractivity contribution in [3.05, 3.63) is 11.4 Å². The van der Waals surface area contributed by atoms with E-state index in [1.165, 1.54) is 88.4 Å². The lowest BCUT2D eigenvalue weighted by molar-refractivity contribution is 0.429. The number of rotatable bonds is 13. The molecule has 0 fully saturated rings. The van der Waals surface area contributed by atoms with Gasteiger partial charge in [-0.15, -0.1) is 0 Å². The molecule has 0 aromatic rings. The monoisotopic (exact) mass is 308 g/mol. The lowest BCUT2D eigenvalue weighted by atomic mass is 9.91. The molecule has 1 aliphatic rings. The standard InChI is InChI=1S/C20H40N2/c1-4-6-7-8-9-10-11-12-13-15-19(14-5-2)20-18(3)21-16-17-22-20/h19,21-22H,4-17H2,1-3H3. The van der Waals surface area contributed by atoms with E-state index in [9.17, 15) is 0 Å². The van der Waals surface area contributed by atoms with E-state index in [-0.39, 0.29) is 0 Å². The van der Waals surface area contributed by atoms with Crippen molar-refractivity contribution in [1.82, 2.24) is 10.6 Å². The zero-order chi connectivity index (χ0) is 16.0. The van der Waals surface area contributed by atoms with Crippen LogP contribution in [0.1, 0.15) is 97.8 Å². The van der Waals surface area contributed by atoms with Gasteiger partial charge in [-0.25, -0.2) is 0 Å². The Morgan fingerprint density at radius 1 is 0.727 bits per heavy atom. The molecule has 0 aromatic carbocycles. The van der Waals surface area contributed by atoms with Crippen LogP contribution < -0.4 is 10.6 Å². The van der Waals surface area contributed by atoms with Gasteiger partial charge in [-0.3, -0.25) is 0 Å². The third-order valence-electron chi connectivity index (χ3n) is 4.94. The summed E-state index contributed by atoms with van der Waals surface area (Å²) in [7, 11) is 0. The molecule has 0 spiro atoms. The zero-order valence-electron chi connectivity index (χ0n) is 15.5. The molecule has 0 aliphatic carbocycles. The van der Waals surface area contributed by atoms with E-state index in [1.54, 1.807) is 0 Å². The van der Waals surface area contributed by atoms with E-state index in [2.05, 4.69) is 31.4 Å². The summed E-state index contributed by atoms with van der Waals surface area (Å²) in [5, 5.41) is 7.17. The van der Waals surface area contributed by atoms with Gasteiger partial charge in [-0.05, 0) is 19.8 Å². The molecule has 0 radical (unpaired) electrons. The van der Waals surface area contributed by atoms with E-state index >= 15 is 0 Å². The van der Waals surface area contributed by atoms with Crippen LogP contribution in [0.25, 0.3) is 0 Å². The van der Waals surface area contributed by atoms with Gasteiger partial charge in [0.15, 0.2) is 0 Å². The molecule has 2 heteroatoms. The molecule has 1 atom stereocenters. The summed E-state index contributed by atoms with van der Waals surface area (Å²) >= 11 is 0. The summed E-state index contributed by atoms with van der Waals surface area (Å²) in [4.78, 5) is 0. The van der Waals surface area contributed by atoms with Crippen LogP contribution in [0.2, 0.25) is 0 Å². The summed E-state index contributed by atoms with van der Waals surface area (Å²) in [5.41, 5.74) is 2.90. The van der Waals surface area contributed by atoms with Gasteiger partial charge in [-0.1, -0.05) is 78.1 Å². The second-order valence-electron chi connectivity index (χ2n) is 6.99. The summed E-state index contributed by atoms with van der Waals surface area (Å²) in [6.07, 6.45) is 16.8. The van der Waals surface area contributed by atoms with Crippen LogP contribution >= 0.6 is 0 Å². The highest BCUT2D eigenvalue weighted by Crippen LogP contribution is 2.25. The second-order valence-corrected chi connectivity index (χ2v) is 6.99. The molecule has 130 valence electrons. The molecule has 1 aliphatic heterocycles. The van der Waals surface area contributed by atoms with Crippen molar-refractivity contribution in [3.63, 3.8) is 0 Å². The molecule has 22 heavy (non-hydrogen) atoms. The lowest BCUT2D eigenvalue weighted by Gasteiger charge is -2.28. The van der Waals surface area contributed by atoms with Crippen LogP contribution in [0.4, 0.5) is 0 Å². The highest BCUT2D eigenvalue weighted by molar-refractivity contribution is 5.15. The van der Waals surface area contributed by atoms with Crippen molar-refractivity contribution in [2.75, 3.05) is 13.1 Å². The van der Waals surface area contributed by atoms with Crippen molar-refractivity contribution >= 4 is 0 Å². The molecule has 0 saturated carbocycles. The van der Waals surface area contributed by atoms with Crippen molar-refractivity contribution in [2.45, 2.75) is 97.8 Å². The predicted molar refractivity (Wildman–Crippen MR) is 98.9 cm³/mol. The Bertz CT molecular complexity index is 296. The average molecular weight is 309 g/mol. The Kier molecular flexibility index (Phi) is 11.3. The van der Waals surface area contributed by atoms with Gasteiger partial charge in [0.05, 0.1) is 0 Å². The topological polar surface area (TPSA) is 24.1 Å². The van der Waals surface area contributed by atoms with Crippen molar-refractivity contribution in [2.24, 2.45) is 5.92 Å². The number of unbranched alkanes of at least 4 members (excludes halogenated alkanes) is 8. The van der Waals surface area contributed by atoms with Gasteiger partial charge < -0.3 is 10.6 Å². The minimum Gasteiger partial charge on any atom is -0.385 e. The van der Waals surface area contributed by atoms with Crippen molar-refractivity contribution in [3.8, 4) is 0 Å². The fraction of sp³-hybridized carbons (Fsp3) is 0.900. The van der Waals surface area contributed by atoms with Gasteiger partial charge in [-0.2, -0.15) is 0 Å². The maximum atomic E-state index is 3.65. The molecular formula is C20H40N2. The van der Waals surface area contributed by atoms with Gasteiger partial charge in [0, 0.05) is 30.4 Å². The van der Waals surface area contributed by atoms with Gasteiger partial charge in [0.2, 0.25) is 0 Å². The molecule has 2 nitrogen and oxygen atoms in total. The third-order valence-corrected chi connectivity index (χ3v) is 4.94. The molecule has 1 rings (SSSR count). The summed E-state index contributed by atoms with van der Waals surface area (Å²) in [6, 6.07) is 0. The zero-order valence-corrected chi connectivity index (χ0v) is 15.5. The first kappa shape index (κ1) is 19.4. The molecule has 0 saturated heterocycles. The van der Waals surface area contributed by atoms with Crippen LogP contribution in [0.5, 0.6) is 0 Å². The van der Waals surface area contributed by atoms with Gasteiger partial charge in [0.1, 0.15) is 0 Å². The number of allylic oxidation sites excluding steroid dienone is 2. The Morgan fingerprint density at radius 3 is 1.91 bits per heavy atom. The summed E-state index contributed by atoms with van der Waals surface area (Å²) < 4.78 is 0. The first-order valence-electron chi connectivity index (χ1n) is 9.98. The van der Waals surface area contributed by atoms with Crippen LogP contribution in [-0.2, 0) is 0 Å². The van der Waals surface area contributed by atoms with E-state index in [0.29, 0.717) is 0 Å². The van der Waals surface area contributed by atoms with Crippen LogP contribution in [-0.4, -0.2) is 13.1 Å². The van der Waals surface area contributed by atoms with Gasteiger partial charge >= 0.3 is 0 Å². The van der Waals surface area contributed by atoms with E-state index < -0.39 is 0 Å². The minimum absolute atomic E-state index is 0.752. The van der Waals surface area contributed by atoms with Crippen LogP contribution in [0.15, 0.2) is 11.4 Å². The van der Waals surface area contributed by atoms with Gasteiger partial charge in [0.25, 0.3) is 0 Å². The molecular weight excluding hydrogens is 268 g/mol. The summed E-state index contributed by atoms with van der Waals surface area (Å²) in [6.45, 7) is 9.01.